The summed E-state index contributed by atoms with van der Waals surface area (Å²) in [6, 6.07) is 44.5. The van der Waals surface area contributed by atoms with Crippen LogP contribution in [0, 0.1) is 0 Å². The van der Waals surface area contributed by atoms with Crippen molar-refractivity contribution in [2.75, 3.05) is 0 Å². The Morgan fingerprint density at radius 1 is 0.485 bits per heavy atom. The Bertz CT molecular complexity index is 930. The molecule has 0 saturated carbocycles. The number of hydrogen-bond acceptors (Lipinski definition) is 0. The molecule has 2 radical (unpaired) electrons. The van der Waals surface area contributed by atoms with E-state index in [4.69, 9.17) is 0 Å². The van der Waals surface area contributed by atoms with Crippen molar-refractivity contribution < 1.29 is 0 Å². The third-order valence-corrected chi connectivity index (χ3v) is 25.3. The summed E-state index contributed by atoms with van der Waals surface area (Å²) < 4.78 is 3.03. The van der Waals surface area contributed by atoms with E-state index in [0.717, 1.165) is 16.5 Å². The van der Waals surface area contributed by atoms with Gasteiger partial charge in [0.25, 0.3) is 0 Å². The van der Waals surface area contributed by atoms with Crippen LogP contribution in [0.25, 0.3) is 0 Å². The van der Waals surface area contributed by atoms with Crippen molar-refractivity contribution in [2.24, 2.45) is 0 Å². The van der Waals surface area contributed by atoms with Gasteiger partial charge in [-0.2, -0.15) is 0 Å². The fraction of sp³-hybridized carbons (Fsp3) is 0.143. The molecular formula is C28H32P4Sn. The minimum Gasteiger partial charge on any atom is -0.0622 e. The van der Waals surface area contributed by atoms with Gasteiger partial charge in [0.05, 0.1) is 0 Å². The summed E-state index contributed by atoms with van der Waals surface area (Å²) in [7, 11) is 1.08. The molecule has 0 aromatic heterocycles. The average Bonchev–Trinajstić information content (AvgIpc) is 2.89. The van der Waals surface area contributed by atoms with E-state index in [0.29, 0.717) is 0 Å². The van der Waals surface area contributed by atoms with Crippen molar-refractivity contribution in [3.63, 3.8) is 0 Å². The molecule has 0 aliphatic carbocycles. The molecule has 0 amide bonds. The molecule has 4 unspecified atom stereocenters. The Morgan fingerprint density at radius 3 is 1.06 bits per heavy atom. The summed E-state index contributed by atoms with van der Waals surface area (Å²) in [5, 5.41) is 5.99. The van der Waals surface area contributed by atoms with Crippen molar-refractivity contribution >= 4 is 73.5 Å². The zero-order valence-electron chi connectivity index (χ0n) is 19.4. The molecule has 33 heavy (non-hydrogen) atoms. The molecule has 0 saturated heterocycles. The molecule has 4 aromatic rings. The fourth-order valence-electron chi connectivity index (χ4n) is 3.12. The van der Waals surface area contributed by atoms with Gasteiger partial charge in [0.2, 0.25) is 0 Å². The van der Waals surface area contributed by atoms with E-state index in [1.807, 2.05) is 0 Å². The van der Waals surface area contributed by atoms with E-state index >= 15 is 0 Å². The van der Waals surface area contributed by atoms with Crippen molar-refractivity contribution in [3.05, 3.63) is 121 Å². The average molecular weight is 611 g/mol. The summed E-state index contributed by atoms with van der Waals surface area (Å²) in [4.78, 5) is 0. The number of hydrogen-bond donors (Lipinski definition) is 0. The first-order valence-corrected chi connectivity index (χ1v) is 22.5. The topological polar surface area (TPSA) is 0 Å². The zero-order chi connectivity index (χ0) is 23.1. The van der Waals surface area contributed by atoms with Crippen molar-refractivity contribution in [2.45, 2.75) is 22.7 Å². The molecule has 4 aromatic carbocycles. The van der Waals surface area contributed by atoms with Crippen LogP contribution in [0.15, 0.2) is 121 Å². The first-order valence-electron chi connectivity index (χ1n) is 11.4. The molecule has 0 aliphatic heterocycles. The molecule has 4 atom stereocenters. The molecule has 4 rings (SSSR count). The summed E-state index contributed by atoms with van der Waals surface area (Å²) >= 11 is 0.218. The van der Waals surface area contributed by atoms with Gasteiger partial charge in [-0.1, -0.05) is 138 Å². The number of rotatable bonds is 9. The summed E-state index contributed by atoms with van der Waals surface area (Å²) in [6.45, 7) is 4.57. The van der Waals surface area contributed by atoms with Gasteiger partial charge in [-0.3, -0.25) is 0 Å². The van der Waals surface area contributed by atoms with Crippen LogP contribution in [0.4, 0.5) is 0 Å². The predicted molar refractivity (Wildman–Crippen MR) is 161 cm³/mol. The van der Waals surface area contributed by atoms with Gasteiger partial charge in [-0.25, -0.2) is 0 Å². The van der Waals surface area contributed by atoms with Crippen LogP contribution in [0.3, 0.4) is 0 Å². The molecule has 0 N–H and O–H groups in total. The Balaban J connectivity index is 0.000000555. The van der Waals surface area contributed by atoms with Crippen LogP contribution in [-0.2, 0) is 0 Å². The van der Waals surface area contributed by atoms with Gasteiger partial charge in [0, 0.05) is 0 Å². The van der Waals surface area contributed by atoms with E-state index in [-0.39, 0.29) is 35.7 Å². The van der Waals surface area contributed by atoms with Crippen LogP contribution in [0.5, 0.6) is 0 Å². The first-order chi connectivity index (χ1) is 16.3. The molecular weight excluding hydrogens is 579 g/mol. The molecule has 5 heteroatoms. The third-order valence-electron chi connectivity index (χ3n) is 4.72. The van der Waals surface area contributed by atoms with Crippen molar-refractivity contribution in [1.29, 1.82) is 0 Å². The van der Waals surface area contributed by atoms with Crippen LogP contribution < -0.4 is 21.2 Å². The second-order valence-corrected chi connectivity index (χ2v) is 25.2. The first kappa shape index (κ1) is 27.0. The maximum atomic E-state index is 2.34. The van der Waals surface area contributed by atoms with Crippen LogP contribution in [-0.4, -0.2) is 21.1 Å². The Hall–Kier alpha value is -0.601. The third kappa shape index (κ3) is 9.52. The van der Waals surface area contributed by atoms with Gasteiger partial charge in [0.1, 0.15) is 0 Å². The monoisotopic (exact) mass is 612 g/mol. The molecule has 0 aliphatic rings. The Kier molecular flexibility index (Phi) is 13.2. The molecule has 0 nitrogen and oxygen atoms in total. The van der Waals surface area contributed by atoms with Gasteiger partial charge in [-0.15, -0.1) is 0 Å². The van der Waals surface area contributed by atoms with Gasteiger partial charge < -0.3 is 0 Å². The van der Waals surface area contributed by atoms with Gasteiger partial charge in [-0.05, 0) is 35.8 Å². The van der Waals surface area contributed by atoms with Crippen molar-refractivity contribution in [1.82, 2.24) is 0 Å². The smallest absolute Gasteiger partial charge is 0.0146 e. The summed E-state index contributed by atoms with van der Waals surface area (Å²) in [5.41, 5.74) is 0. The summed E-state index contributed by atoms with van der Waals surface area (Å²) in [6.07, 6.45) is 0. The van der Waals surface area contributed by atoms with E-state index in [9.17, 15) is 0 Å². The zero-order valence-corrected chi connectivity index (χ0v) is 26.0. The molecule has 0 heterocycles. The maximum Gasteiger partial charge on any atom is -0.0146 e. The van der Waals surface area contributed by atoms with E-state index in [1.54, 1.807) is 0 Å². The molecule has 0 fully saturated rings. The Morgan fingerprint density at radius 2 is 0.788 bits per heavy atom. The molecule has 0 bridgehead atoms. The Labute approximate surface area is 216 Å². The van der Waals surface area contributed by atoms with Crippen LogP contribution in [0.1, 0.15) is 13.8 Å². The van der Waals surface area contributed by atoms with E-state index < -0.39 is 0 Å². The van der Waals surface area contributed by atoms with E-state index in [2.05, 4.69) is 135 Å². The SMILES string of the molecule is C[CH2][Sn][CH2]C.c1ccc(PP(c2ccccc2)P(Pc2ccccc2)c2ccccc2)cc1. The molecule has 0 spiro atoms. The van der Waals surface area contributed by atoms with Crippen LogP contribution in [0.2, 0.25) is 8.87 Å². The van der Waals surface area contributed by atoms with Gasteiger partial charge >= 0.3 is 43.9 Å². The van der Waals surface area contributed by atoms with Crippen LogP contribution >= 0.6 is 31.1 Å². The minimum absolute atomic E-state index is 0.218. The molecule has 168 valence electrons. The van der Waals surface area contributed by atoms with Crippen molar-refractivity contribution in [3.8, 4) is 0 Å². The summed E-state index contributed by atoms with van der Waals surface area (Å²) in [5.74, 6) is 0. The van der Waals surface area contributed by atoms with E-state index in [1.165, 1.54) is 30.1 Å². The van der Waals surface area contributed by atoms with Gasteiger partial charge in [0.15, 0.2) is 0 Å². The predicted octanol–water partition coefficient (Wildman–Crippen LogP) is 7.92. The second-order valence-electron chi connectivity index (χ2n) is 7.21. The quantitative estimate of drug-likeness (QED) is 0.133. The standard InChI is InChI=1S/C24H22P4.2C2H5.Sn/c1-5-13-21(14-6-1)25-27(23-17-9-3-10-18-23)28(24-19-11-4-12-20-24)26-22-15-7-2-8-16-22;2*1-2;/h1-20,25-26H;2*1H2,2H3;. The normalized spacial score (nSPS) is 13.0. The number of benzene rings is 4. The largest absolute Gasteiger partial charge is 0.0622 e. The fourth-order valence-corrected chi connectivity index (χ4v) is 23.0. The minimum atomic E-state index is -0.291. The second kappa shape index (κ2) is 16.1. The maximum absolute atomic E-state index is 2.34.